The molecule has 0 saturated carbocycles. The van der Waals surface area contributed by atoms with Gasteiger partial charge in [0, 0.05) is 33.9 Å². The Kier molecular flexibility index (Phi) is 4.54. The van der Waals surface area contributed by atoms with Crippen molar-refractivity contribution in [1.29, 1.82) is 0 Å². The summed E-state index contributed by atoms with van der Waals surface area (Å²) in [6.45, 7) is 3.91. The number of halogens is 2. The Hall–Kier alpha value is -0.580. The molecule has 1 aromatic heterocycles. The zero-order valence-electron chi connectivity index (χ0n) is 11.1. The second kappa shape index (κ2) is 5.81. The van der Waals surface area contributed by atoms with Gasteiger partial charge >= 0.3 is 0 Å². The molecule has 6 heteroatoms. The minimum atomic E-state index is -0.867. The predicted molar refractivity (Wildman–Crippen MR) is 82.7 cm³/mol. The fourth-order valence-corrected chi connectivity index (χ4v) is 3.40. The fourth-order valence-electron chi connectivity index (χ4n) is 2.25. The Balaban J connectivity index is 2.61. The van der Waals surface area contributed by atoms with Crippen molar-refractivity contribution in [1.82, 2.24) is 9.55 Å². The minimum absolute atomic E-state index is 0.0770. The van der Waals surface area contributed by atoms with Crippen molar-refractivity contribution in [2.45, 2.75) is 25.3 Å². The molecule has 0 bridgehead atoms. The van der Waals surface area contributed by atoms with E-state index in [0.29, 0.717) is 10.8 Å². The molecule has 0 aliphatic heterocycles. The maximum Gasteiger partial charge on any atom is 0.127 e. The number of fused-ring (bicyclic) bond motifs is 1. The van der Waals surface area contributed by atoms with Gasteiger partial charge in [-0.2, -0.15) is 0 Å². The van der Waals surface area contributed by atoms with Crippen LogP contribution in [0, 0.1) is 0 Å². The summed E-state index contributed by atoms with van der Waals surface area (Å²) in [5.74, 6) is 1.36. The molecule has 1 aromatic carbocycles. The molecular formula is C13H16Cl2N2OS. The molecule has 0 fully saturated rings. The van der Waals surface area contributed by atoms with Crippen molar-refractivity contribution in [2.24, 2.45) is 0 Å². The Morgan fingerprint density at radius 2 is 2.11 bits per heavy atom. The van der Waals surface area contributed by atoms with Crippen LogP contribution in [0.25, 0.3) is 11.0 Å². The van der Waals surface area contributed by atoms with E-state index >= 15 is 0 Å². The molecule has 2 aromatic rings. The van der Waals surface area contributed by atoms with E-state index in [-0.39, 0.29) is 11.4 Å². The lowest BCUT2D eigenvalue weighted by atomic mass is 10.3. The van der Waals surface area contributed by atoms with E-state index in [2.05, 4.69) is 9.55 Å². The van der Waals surface area contributed by atoms with E-state index in [4.69, 9.17) is 23.2 Å². The van der Waals surface area contributed by atoms with Gasteiger partial charge in [-0.15, -0.1) is 11.6 Å². The number of imidazole rings is 1. The van der Waals surface area contributed by atoms with Gasteiger partial charge in [0.05, 0.1) is 16.4 Å². The Morgan fingerprint density at radius 3 is 2.68 bits per heavy atom. The Bertz CT molecular complexity index is 624. The summed E-state index contributed by atoms with van der Waals surface area (Å²) < 4.78 is 13.5. The third-order valence-corrected chi connectivity index (χ3v) is 4.33. The lowest BCUT2D eigenvalue weighted by Crippen LogP contribution is -2.15. The van der Waals surface area contributed by atoms with Gasteiger partial charge < -0.3 is 4.57 Å². The summed E-state index contributed by atoms with van der Waals surface area (Å²) in [5.41, 5.74) is 1.80. The second-order valence-electron chi connectivity index (χ2n) is 4.68. The van der Waals surface area contributed by atoms with Gasteiger partial charge in [-0.25, -0.2) is 4.98 Å². The maximum absolute atomic E-state index is 11.4. The summed E-state index contributed by atoms with van der Waals surface area (Å²) in [6, 6.07) is 5.67. The van der Waals surface area contributed by atoms with Crippen LogP contribution in [0.2, 0.25) is 5.02 Å². The molecular weight excluding hydrogens is 303 g/mol. The highest BCUT2D eigenvalue weighted by Crippen LogP contribution is 2.29. The van der Waals surface area contributed by atoms with E-state index in [1.54, 1.807) is 6.26 Å². The number of aromatic nitrogens is 2. The lowest BCUT2D eigenvalue weighted by Gasteiger charge is -2.17. The topological polar surface area (TPSA) is 34.9 Å². The first-order chi connectivity index (χ1) is 8.90. The first-order valence-corrected chi connectivity index (χ1v) is 8.55. The molecule has 3 atom stereocenters. The average Bonchev–Trinajstić information content (AvgIpc) is 2.66. The van der Waals surface area contributed by atoms with E-state index in [1.165, 1.54) is 0 Å². The van der Waals surface area contributed by atoms with Crippen LogP contribution in [0.15, 0.2) is 18.2 Å². The number of rotatable bonds is 4. The summed E-state index contributed by atoms with van der Waals surface area (Å²) >= 11 is 12.2. The molecule has 0 saturated heterocycles. The Morgan fingerprint density at radius 1 is 1.42 bits per heavy atom. The predicted octanol–water partition coefficient (Wildman–Crippen LogP) is 3.93. The van der Waals surface area contributed by atoms with Crippen LogP contribution >= 0.6 is 23.2 Å². The largest absolute Gasteiger partial charge is 0.323 e. The normalized spacial score (nSPS) is 16.5. The van der Waals surface area contributed by atoms with E-state index in [1.807, 2.05) is 32.0 Å². The van der Waals surface area contributed by atoms with Crippen molar-refractivity contribution in [2.75, 3.05) is 12.0 Å². The van der Waals surface area contributed by atoms with Gasteiger partial charge in [-0.05, 0) is 32.0 Å². The number of hydrogen-bond donors (Lipinski definition) is 0. The molecule has 19 heavy (non-hydrogen) atoms. The monoisotopic (exact) mass is 318 g/mol. The molecule has 0 amide bonds. The third kappa shape index (κ3) is 3.12. The summed E-state index contributed by atoms with van der Waals surface area (Å²) in [6.07, 6.45) is 1.70. The highest BCUT2D eigenvalue weighted by Gasteiger charge is 2.19. The van der Waals surface area contributed by atoms with E-state index in [9.17, 15) is 4.21 Å². The van der Waals surface area contributed by atoms with Gasteiger partial charge in [0.1, 0.15) is 5.82 Å². The SMILES string of the molecule is CC(Cl)c1nc2cc(Cl)ccc2n1C(C)CS(C)=O. The van der Waals surface area contributed by atoms with Gasteiger partial charge in [0.25, 0.3) is 0 Å². The highest BCUT2D eigenvalue weighted by atomic mass is 35.5. The van der Waals surface area contributed by atoms with Crippen LogP contribution in [0.3, 0.4) is 0 Å². The lowest BCUT2D eigenvalue weighted by molar-refractivity contribution is 0.583. The van der Waals surface area contributed by atoms with E-state index < -0.39 is 10.8 Å². The molecule has 0 radical (unpaired) electrons. The first-order valence-electron chi connectivity index (χ1n) is 6.01. The van der Waals surface area contributed by atoms with Crippen LogP contribution in [-0.2, 0) is 10.8 Å². The standard InChI is InChI=1S/C13H16Cl2N2OS/c1-8(7-19(3)18)17-12-5-4-10(15)6-11(12)16-13(17)9(2)14/h4-6,8-9H,7H2,1-3H3. The minimum Gasteiger partial charge on any atom is -0.323 e. The summed E-state index contributed by atoms with van der Waals surface area (Å²) in [5, 5.41) is 0.441. The van der Waals surface area contributed by atoms with Crippen LogP contribution in [0.5, 0.6) is 0 Å². The fraction of sp³-hybridized carbons (Fsp3) is 0.462. The number of benzene rings is 1. The number of alkyl halides is 1. The van der Waals surface area contributed by atoms with Crippen LogP contribution in [0.1, 0.15) is 31.1 Å². The molecule has 1 heterocycles. The van der Waals surface area contributed by atoms with Crippen LogP contribution < -0.4 is 0 Å². The average molecular weight is 319 g/mol. The molecule has 0 aliphatic rings. The van der Waals surface area contributed by atoms with Crippen LogP contribution in [-0.4, -0.2) is 25.8 Å². The number of hydrogen-bond acceptors (Lipinski definition) is 2. The number of nitrogens with zero attached hydrogens (tertiary/aromatic N) is 2. The molecule has 104 valence electrons. The first kappa shape index (κ1) is 14.8. The molecule has 0 aliphatic carbocycles. The van der Waals surface area contributed by atoms with Crippen molar-refractivity contribution in [3.8, 4) is 0 Å². The Labute approximate surface area is 125 Å². The zero-order valence-corrected chi connectivity index (χ0v) is 13.4. The van der Waals surface area contributed by atoms with Gasteiger partial charge in [-0.3, -0.25) is 4.21 Å². The maximum atomic E-state index is 11.4. The van der Waals surface area contributed by atoms with Gasteiger partial charge in [0.2, 0.25) is 0 Å². The molecule has 3 nitrogen and oxygen atoms in total. The quantitative estimate of drug-likeness (QED) is 0.800. The van der Waals surface area contributed by atoms with Crippen molar-refractivity contribution >= 4 is 45.0 Å². The molecule has 0 N–H and O–H groups in total. The van der Waals surface area contributed by atoms with Gasteiger partial charge in [0.15, 0.2) is 0 Å². The highest BCUT2D eigenvalue weighted by molar-refractivity contribution is 7.84. The zero-order chi connectivity index (χ0) is 14.2. The summed E-state index contributed by atoms with van der Waals surface area (Å²) in [4.78, 5) is 4.55. The van der Waals surface area contributed by atoms with Crippen molar-refractivity contribution < 1.29 is 4.21 Å². The van der Waals surface area contributed by atoms with Crippen LogP contribution in [0.4, 0.5) is 0 Å². The molecule has 3 unspecified atom stereocenters. The summed E-state index contributed by atoms with van der Waals surface area (Å²) in [7, 11) is -0.867. The molecule has 2 rings (SSSR count). The van der Waals surface area contributed by atoms with Crippen molar-refractivity contribution in [3.63, 3.8) is 0 Å². The van der Waals surface area contributed by atoms with E-state index in [0.717, 1.165) is 16.9 Å². The van der Waals surface area contributed by atoms with Crippen molar-refractivity contribution in [3.05, 3.63) is 29.0 Å². The van der Waals surface area contributed by atoms with Gasteiger partial charge in [-0.1, -0.05) is 11.6 Å². The third-order valence-electron chi connectivity index (χ3n) is 2.95. The second-order valence-corrected chi connectivity index (χ2v) is 7.25. The molecule has 0 spiro atoms. The smallest absolute Gasteiger partial charge is 0.127 e.